The van der Waals surface area contributed by atoms with Crippen LogP contribution in [0.25, 0.3) is 0 Å². The van der Waals surface area contributed by atoms with Gasteiger partial charge in [0.1, 0.15) is 5.76 Å². The van der Waals surface area contributed by atoms with Crippen LogP contribution in [0.15, 0.2) is 121 Å². The minimum Gasteiger partial charge on any atom is -0.511 e. The van der Waals surface area contributed by atoms with Gasteiger partial charge < -0.3 is 10.4 Å². The Kier molecular flexibility index (Phi) is 3.51. The maximum Gasteiger partial charge on any atom is 0.106 e. The molecule has 8 bridgehead atoms. The molecule has 1 aliphatic carbocycles. The molecule has 5 heterocycles. The zero-order valence-electron chi connectivity index (χ0n) is 16.7. The van der Waals surface area contributed by atoms with Crippen LogP contribution in [0.5, 0.6) is 0 Å². The first kappa shape index (κ1) is 17.2. The smallest absolute Gasteiger partial charge is 0.106 e. The van der Waals surface area contributed by atoms with Crippen LogP contribution in [0.3, 0.4) is 0 Å². The summed E-state index contributed by atoms with van der Waals surface area (Å²) in [5, 5.41) is 14.1. The summed E-state index contributed by atoms with van der Waals surface area (Å²) >= 11 is 0. The third-order valence-electron chi connectivity index (χ3n) is 5.91. The molecule has 0 aromatic heterocycles. The van der Waals surface area contributed by atoms with E-state index in [9.17, 15) is 5.11 Å². The van der Waals surface area contributed by atoms with E-state index in [4.69, 9.17) is 15.0 Å². The van der Waals surface area contributed by atoms with Crippen molar-refractivity contribution in [1.82, 2.24) is 5.32 Å². The lowest BCUT2D eigenvalue weighted by Gasteiger charge is -2.06. The first-order valence-electron chi connectivity index (χ1n) is 10.1. The van der Waals surface area contributed by atoms with Crippen molar-refractivity contribution in [1.29, 1.82) is 0 Å². The molecule has 0 radical (unpaired) electrons. The van der Waals surface area contributed by atoms with Crippen LogP contribution in [-0.2, 0) is 0 Å². The number of rotatable bonds is 1. The molecule has 1 saturated heterocycles. The van der Waals surface area contributed by atoms with Crippen LogP contribution < -0.4 is 5.32 Å². The SMILES string of the molecule is C=C(C)C1=CC2=NC1=CC1=NC(=CC3=CC4=C(O)CC(=C5CCC(=C2)N5)C4=N3)C=C1. The number of aliphatic hydroxyl groups excluding tert-OH is 1. The summed E-state index contributed by atoms with van der Waals surface area (Å²) < 4.78 is 0. The van der Waals surface area contributed by atoms with Crippen molar-refractivity contribution in [3.8, 4) is 0 Å². The van der Waals surface area contributed by atoms with Crippen molar-refractivity contribution >= 4 is 17.1 Å². The Morgan fingerprint density at radius 2 is 1.87 bits per heavy atom. The van der Waals surface area contributed by atoms with E-state index < -0.39 is 0 Å². The van der Waals surface area contributed by atoms with Crippen molar-refractivity contribution in [2.75, 3.05) is 0 Å². The van der Waals surface area contributed by atoms with E-state index >= 15 is 0 Å². The Morgan fingerprint density at radius 3 is 2.73 bits per heavy atom. The minimum absolute atomic E-state index is 0.387. The van der Waals surface area contributed by atoms with Crippen molar-refractivity contribution in [3.63, 3.8) is 0 Å². The summed E-state index contributed by atoms with van der Waals surface area (Å²) in [5.74, 6) is 0.387. The molecule has 0 amide bonds. The third-order valence-corrected chi connectivity index (χ3v) is 5.91. The molecule has 6 aliphatic rings. The number of allylic oxidation sites excluding steroid dienone is 12. The Labute approximate surface area is 174 Å². The molecule has 0 aromatic rings. The van der Waals surface area contributed by atoms with Crippen molar-refractivity contribution in [3.05, 3.63) is 106 Å². The Morgan fingerprint density at radius 1 is 0.967 bits per heavy atom. The molecule has 0 unspecified atom stereocenters. The topological polar surface area (TPSA) is 69.3 Å². The second kappa shape index (κ2) is 6.13. The molecule has 5 heteroatoms. The second-order valence-electron chi connectivity index (χ2n) is 8.16. The predicted molar refractivity (Wildman–Crippen MR) is 120 cm³/mol. The molecule has 30 heavy (non-hydrogen) atoms. The second-order valence-corrected chi connectivity index (χ2v) is 8.16. The van der Waals surface area contributed by atoms with Gasteiger partial charge in [-0.25, -0.2) is 15.0 Å². The third kappa shape index (κ3) is 2.66. The van der Waals surface area contributed by atoms with Gasteiger partial charge in [-0.3, -0.25) is 0 Å². The van der Waals surface area contributed by atoms with Crippen molar-refractivity contribution < 1.29 is 5.11 Å². The molecular formula is C25H20N4O. The molecule has 146 valence electrons. The summed E-state index contributed by atoms with van der Waals surface area (Å²) in [7, 11) is 0. The van der Waals surface area contributed by atoms with Gasteiger partial charge in [-0.1, -0.05) is 6.58 Å². The molecule has 5 nitrogen and oxygen atoms in total. The number of nitrogens with zero attached hydrogens (tertiary/aromatic N) is 3. The monoisotopic (exact) mass is 392 g/mol. The first-order chi connectivity index (χ1) is 14.5. The highest BCUT2D eigenvalue weighted by atomic mass is 16.3. The number of hydrogen-bond donors (Lipinski definition) is 2. The number of nitrogens with one attached hydrogen (secondary N) is 1. The number of aliphatic hydroxyl groups is 1. The lowest BCUT2D eigenvalue weighted by atomic mass is 10.1. The van der Waals surface area contributed by atoms with E-state index in [2.05, 4.69) is 24.0 Å². The number of fused-ring (bicyclic) bond motifs is 5. The Hall–Kier alpha value is -3.73. The highest BCUT2D eigenvalue weighted by Crippen LogP contribution is 2.38. The van der Waals surface area contributed by atoms with Gasteiger partial charge in [-0.15, -0.1) is 0 Å². The molecule has 0 atom stereocenters. The summed E-state index contributed by atoms with van der Waals surface area (Å²) in [6.45, 7) is 6.12. The van der Waals surface area contributed by atoms with Gasteiger partial charge in [-0.05, 0) is 67.9 Å². The van der Waals surface area contributed by atoms with Crippen LogP contribution in [0.2, 0.25) is 0 Å². The van der Waals surface area contributed by atoms with E-state index in [0.29, 0.717) is 12.2 Å². The highest BCUT2D eigenvalue weighted by Gasteiger charge is 2.32. The average Bonchev–Trinajstić information content (AvgIpc) is 3.48. The van der Waals surface area contributed by atoms with E-state index in [0.717, 1.165) is 80.8 Å². The average molecular weight is 392 g/mol. The van der Waals surface area contributed by atoms with Gasteiger partial charge in [0.25, 0.3) is 0 Å². The van der Waals surface area contributed by atoms with Crippen molar-refractivity contribution in [2.45, 2.75) is 26.2 Å². The van der Waals surface area contributed by atoms with Crippen LogP contribution in [0, 0.1) is 0 Å². The van der Waals surface area contributed by atoms with Gasteiger partial charge in [0.2, 0.25) is 0 Å². The largest absolute Gasteiger partial charge is 0.511 e. The maximum absolute atomic E-state index is 10.5. The fraction of sp³-hybridized carbons (Fsp3) is 0.160. The lowest BCUT2D eigenvalue weighted by Crippen LogP contribution is -2.10. The van der Waals surface area contributed by atoms with Crippen molar-refractivity contribution in [2.24, 2.45) is 15.0 Å². The lowest BCUT2D eigenvalue weighted by molar-refractivity contribution is 0.401. The van der Waals surface area contributed by atoms with Crippen LogP contribution >= 0.6 is 0 Å². The van der Waals surface area contributed by atoms with E-state index in [1.807, 2.05) is 37.3 Å². The zero-order valence-corrected chi connectivity index (χ0v) is 16.7. The molecule has 5 aliphatic heterocycles. The quantitative estimate of drug-likeness (QED) is 0.672. The fourth-order valence-corrected chi connectivity index (χ4v) is 4.48. The summed E-state index contributed by atoms with van der Waals surface area (Å²) in [4.78, 5) is 14.3. The summed E-state index contributed by atoms with van der Waals surface area (Å²) in [6.07, 6.45) is 16.4. The Bertz CT molecular complexity index is 1300. The first-order valence-corrected chi connectivity index (χ1v) is 10.1. The van der Waals surface area contributed by atoms with E-state index in [1.165, 1.54) is 0 Å². The molecule has 2 N–H and O–H groups in total. The van der Waals surface area contributed by atoms with E-state index in [1.54, 1.807) is 0 Å². The predicted octanol–water partition coefficient (Wildman–Crippen LogP) is 4.81. The molecular weight excluding hydrogens is 372 g/mol. The normalized spacial score (nSPS) is 23.5. The fourth-order valence-electron chi connectivity index (χ4n) is 4.48. The van der Waals surface area contributed by atoms with Crippen LogP contribution in [0.1, 0.15) is 26.2 Å². The Balaban J connectivity index is 1.53. The molecule has 1 fully saturated rings. The summed E-state index contributed by atoms with van der Waals surface area (Å²) in [5.41, 5.74) is 11.4. The van der Waals surface area contributed by atoms with E-state index in [-0.39, 0.29) is 0 Å². The van der Waals surface area contributed by atoms with Gasteiger partial charge in [-0.2, -0.15) is 0 Å². The van der Waals surface area contributed by atoms with Gasteiger partial charge >= 0.3 is 0 Å². The van der Waals surface area contributed by atoms with Gasteiger partial charge in [0, 0.05) is 34.5 Å². The van der Waals surface area contributed by atoms with Gasteiger partial charge in [0.15, 0.2) is 0 Å². The van der Waals surface area contributed by atoms with Gasteiger partial charge in [0.05, 0.1) is 34.2 Å². The highest BCUT2D eigenvalue weighted by molar-refractivity contribution is 6.20. The molecule has 0 aromatic carbocycles. The molecule has 6 rings (SSSR count). The standard InChI is InChI=1S/C25H20N4O/c1-13(2)19-9-17-8-15-5-6-22(27-15)20-12-24(30)21-10-18(29-25(20)21)7-14-3-4-16(26-14)11-23(19)28-17/h3-4,7-11,27,30H,1,5-6,12H2,2H3. The molecule has 0 spiro atoms. The minimum atomic E-state index is 0.387. The number of hydrogen-bond acceptors (Lipinski definition) is 5. The maximum atomic E-state index is 10.5. The van der Waals surface area contributed by atoms with Crippen LogP contribution in [-0.4, -0.2) is 22.2 Å². The summed E-state index contributed by atoms with van der Waals surface area (Å²) in [6, 6.07) is 0. The zero-order chi connectivity index (χ0) is 20.4. The van der Waals surface area contributed by atoms with Crippen LogP contribution in [0.4, 0.5) is 0 Å². The molecule has 0 saturated carbocycles. The number of aliphatic imine (C=N–C) groups is 3.